The lowest BCUT2D eigenvalue weighted by Gasteiger charge is -2.40. The molecule has 1 saturated heterocycles. The zero-order valence-electron chi connectivity index (χ0n) is 17.0. The Hall–Kier alpha value is -3.17. The van der Waals surface area contributed by atoms with Crippen molar-refractivity contribution in [3.05, 3.63) is 30.1 Å². The van der Waals surface area contributed by atoms with Crippen LogP contribution in [-0.4, -0.2) is 83.5 Å². The third-order valence-electron chi connectivity index (χ3n) is 4.47. The standard InChI is InChI=1S/C19H27N5O5/c1-12(2)21-19(28)24-9-8-23(17(26)14-6-5-7-20-10-14)11-15(24)16(25)22-13(3)18(27)29-4/h5-7,10,12-13,15H,8-9,11H2,1-4H3,(H,21,28)(H,22,25)/t13-,15-/m1/s1. The van der Waals surface area contributed by atoms with Crippen LogP contribution in [0.4, 0.5) is 4.79 Å². The topological polar surface area (TPSA) is 121 Å². The normalized spacial score (nSPS) is 17.5. The summed E-state index contributed by atoms with van der Waals surface area (Å²) in [5, 5.41) is 5.31. The number of nitrogens with one attached hydrogen (secondary N) is 2. The SMILES string of the molecule is COC(=O)[C@@H](C)NC(=O)[C@H]1CN(C(=O)c2cccnc2)CCN1C(=O)NC(C)C. The van der Waals surface area contributed by atoms with Crippen LogP contribution in [0.15, 0.2) is 24.5 Å². The molecule has 2 atom stereocenters. The van der Waals surface area contributed by atoms with Gasteiger partial charge in [0.05, 0.1) is 19.2 Å². The van der Waals surface area contributed by atoms with E-state index in [9.17, 15) is 19.2 Å². The second kappa shape index (κ2) is 9.85. The molecular weight excluding hydrogens is 378 g/mol. The maximum Gasteiger partial charge on any atom is 0.328 e. The summed E-state index contributed by atoms with van der Waals surface area (Å²) in [7, 11) is 1.22. The number of hydrogen-bond acceptors (Lipinski definition) is 6. The van der Waals surface area contributed by atoms with Crippen molar-refractivity contribution < 1.29 is 23.9 Å². The number of esters is 1. The minimum absolute atomic E-state index is 0.00102. The first-order chi connectivity index (χ1) is 13.7. The van der Waals surface area contributed by atoms with E-state index in [-0.39, 0.29) is 31.6 Å². The van der Waals surface area contributed by atoms with Crippen molar-refractivity contribution >= 4 is 23.8 Å². The first-order valence-corrected chi connectivity index (χ1v) is 9.39. The van der Waals surface area contributed by atoms with Gasteiger partial charge < -0.3 is 25.2 Å². The number of aromatic nitrogens is 1. The Morgan fingerprint density at radius 3 is 2.48 bits per heavy atom. The van der Waals surface area contributed by atoms with Crippen LogP contribution in [0.25, 0.3) is 0 Å². The van der Waals surface area contributed by atoms with Crippen molar-refractivity contribution in [1.29, 1.82) is 0 Å². The maximum absolute atomic E-state index is 12.8. The van der Waals surface area contributed by atoms with Crippen molar-refractivity contribution in [2.75, 3.05) is 26.7 Å². The van der Waals surface area contributed by atoms with Crippen molar-refractivity contribution in [3.63, 3.8) is 0 Å². The zero-order valence-corrected chi connectivity index (χ0v) is 17.0. The van der Waals surface area contributed by atoms with E-state index in [1.807, 2.05) is 13.8 Å². The molecule has 0 aliphatic carbocycles. The van der Waals surface area contributed by atoms with E-state index in [1.165, 1.54) is 30.0 Å². The Kier molecular flexibility index (Phi) is 7.52. The molecule has 1 aromatic rings. The molecule has 2 heterocycles. The van der Waals surface area contributed by atoms with Crippen LogP contribution < -0.4 is 10.6 Å². The fourth-order valence-electron chi connectivity index (χ4n) is 2.98. The monoisotopic (exact) mass is 405 g/mol. The number of urea groups is 1. The van der Waals surface area contributed by atoms with Crippen LogP contribution >= 0.6 is 0 Å². The van der Waals surface area contributed by atoms with Gasteiger partial charge in [-0.2, -0.15) is 0 Å². The lowest BCUT2D eigenvalue weighted by Crippen LogP contribution is -2.64. The van der Waals surface area contributed by atoms with Crippen LogP contribution in [0.5, 0.6) is 0 Å². The van der Waals surface area contributed by atoms with Gasteiger partial charge in [0.2, 0.25) is 5.91 Å². The van der Waals surface area contributed by atoms with E-state index in [1.54, 1.807) is 18.3 Å². The Labute approximate surface area is 169 Å². The Balaban J connectivity index is 2.20. The highest BCUT2D eigenvalue weighted by atomic mass is 16.5. The quantitative estimate of drug-likeness (QED) is 0.666. The third-order valence-corrected chi connectivity index (χ3v) is 4.47. The van der Waals surface area contributed by atoms with Gasteiger partial charge in [0.1, 0.15) is 12.1 Å². The first kappa shape index (κ1) is 22.1. The van der Waals surface area contributed by atoms with Crippen LogP contribution in [0.3, 0.4) is 0 Å². The number of hydrogen-bond donors (Lipinski definition) is 2. The van der Waals surface area contributed by atoms with Gasteiger partial charge in [-0.1, -0.05) is 0 Å². The summed E-state index contributed by atoms with van der Waals surface area (Å²) in [6.45, 7) is 5.57. The van der Waals surface area contributed by atoms with Gasteiger partial charge in [-0.25, -0.2) is 9.59 Å². The predicted molar refractivity (Wildman–Crippen MR) is 104 cm³/mol. The van der Waals surface area contributed by atoms with Gasteiger partial charge >= 0.3 is 12.0 Å². The Morgan fingerprint density at radius 1 is 1.17 bits per heavy atom. The Bertz CT molecular complexity index is 755. The molecule has 0 saturated carbocycles. The van der Waals surface area contributed by atoms with Gasteiger partial charge in [-0.3, -0.25) is 14.6 Å². The summed E-state index contributed by atoms with van der Waals surface area (Å²) in [5.74, 6) is -1.41. The van der Waals surface area contributed by atoms with Crippen LogP contribution in [0.2, 0.25) is 0 Å². The third kappa shape index (κ3) is 5.66. The second-order valence-electron chi connectivity index (χ2n) is 7.06. The summed E-state index contributed by atoms with van der Waals surface area (Å²) in [6, 6.07) is 0.945. The smallest absolute Gasteiger partial charge is 0.328 e. The molecule has 1 aromatic heterocycles. The number of nitrogens with zero attached hydrogens (tertiary/aromatic N) is 3. The summed E-state index contributed by atoms with van der Waals surface area (Å²) in [4.78, 5) is 56.7. The van der Waals surface area contributed by atoms with Gasteiger partial charge in [0, 0.05) is 31.5 Å². The summed E-state index contributed by atoms with van der Waals surface area (Å²) < 4.78 is 4.63. The van der Waals surface area contributed by atoms with Crippen LogP contribution in [0, 0.1) is 0 Å². The molecule has 2 N–H and O–H groups in total. The van der Waals surface area contributed by atoms with Crippen LogP contribution in [-0.2, 0) is 14.3 Å². The lowest BCUT2D eigenvalue weighted by atomic mass is 10.1. The van der Waals surface area contributed by atoms with Crippen molar-refractivity contribution in [1.82, 2.24) is 25.4 Å². The van der Waals surface area contributed by atoms with Gasteiger partial charge in [0.15, 0.2) is 0 Å². The molecule has 4 amide bonds. The second-order valence-corrected chi connectivity index (χ2v) is 7.06. The molecule has 1 aliphatic heterocycles. The summed E-state index contributed by atoms with van der Waals surface area (Å²) >= 11 is 0. The highest BCUT2D eigenvalue weighted by Crippen LogP contribution is 2.14. The van der Waals surface area contributed by atoms with E-state index >= 15 is 0 Å². The molecular formula is C19H27N5O5. The fraction of sp³-hybridized carbons (Fsp3) is 0.526. The van der Waals surface area contributed by atoms with Crippen LogP contribution in [0.1, 0.15) is 31.1 Å². The number of ether oxygens (including phenoxy) is 1. The minimum Gasteiger partial charge on any atom is -0.467 e. The minimum atomic E-state index is -0.949. The summed E-state index contributed by atoms with van der Waals surface area (Å²) in [6.07, 6.45) is 3.02. The molecule has 29 heavy (non-hydrogen) atoms. The highest BCUT2D eigenvalue weighted by molar-refractivity contribution is 5.96. The number of piperazine rings is 1. The average Bonchev–Trinajstić information content (AvgIpc) is 2.72. The molecule has 1 fully saturated rings. The van der Waals surface area contributed by atoms with Gasteiger partial charge in [-0.05, 0) is 32.9 Å². The zero-order chi connectivity index (χ0) is 21.6. The molecule has 10 nitrogen and oxygen atoms in total. The van der Waals surface area contributed by atoms with Crippen molar-refractivity contribution in [2.45, 2.75) is 38.9 Å². The molecule has 0 spiro atoms. The highest BCUT2D eigenvalue weighted by Gasteiger charge is 2.38. The largest absolute Gasteiger partial charge is 0.467 e. The molecule has 0 unspecified atom stereocenters. The number of carbonyl (C=O) groups is 4. The van der Waals surface area contributed by atoms with E-state index in [4.69, 9.17) is 0 Å². The van der Waals surface area contributed by atoms with Crippen molar-refractivity contribution in [3.8, 4) is 0 Å². The molecule has 1 aliphatic rings. The number of pyridine rings is 1. The number of carbonyl (C=O) groups excluding carboxylic acids is 4. The molecule has 158 valence electrons. The van der Waals surface area contributed by atoms with E-state index < -0.39 is 30.0 Å². The Morgan fingerprint density at radius 2 is 1.90 bits per heavy atom. The number of methoxy groups -OCH3 is 1. The van der Waals surface area contributed by atoms with E-state index in [0.717, 1.165) is 0 Å². The van der Waals surface area contributed by atoms with Gasteiger partial charge in [0.25, 0.3) is 5.91 Å². The predicted octanol–water partition coefficient (Wildman–Crippen LogP) is 0.00370. The van der Waals surface area contributed by atoms with Gasteiger partial charge in [-0.15, -0.1) is 0 Å². The molecule has 0 bridgehead atoms. The lowest BCUT2D eigenvalue weighted by molar-refractivity contribution is -0.145. The maximum atomic E-state index is 12.8. The van der Waals surface area contributed by atoms with E-state index in [0.29, 0.717) is 5.56 Å². The summed E-state index contributed by atoms with van der Waals surface area (Å²) in [5.41, 5.74) is 0.398. The number of amides is 4. The van der Waals surface area contributed by atoms with Crippen molar-refractivity contribution in [2.24, 2.45) is 0 Å². The molecule has 2 rings (SSSR count). The molecule has 0 aromatic carbocycles. The number of rotatable bonds is 5. The first-order valence-electron chi connectivity index (χ1n) is 9.39. The average molecular weight is 405 g/mol. The molecule has 0 radical (unpaired) electrons. The molecule has 10 heteroatoms. The van der Waals surface area contributed by atoms with E-state index in [2.05, 4.69) is 20.4 Å². The fourth-order valence-corrected chi connectivity index (χ4v) is 2.98.